The molecule has 16 nitrogen and oxygen atoms in total. The van der Waals surface area contributed by atoms with Gasteiger partial charge in [0.1, 0.15) is 41.6 Å². The molecule has 58 heavy (non-hydrogen) atoms. The molecule has 3 saturated heterocycles. The van der Waals surface area contributed by atoms with Gasteiger partial charge in [0.05, 0.1) is 18.4 Å². The Morgan fingerprint density at radius 2 is 1.71 bits per heavy atom. The van der Waals surface area contributed by atoms with Gasteiger partial charge in [-0.1, -0.05) is 41.4 Å². The largest absolute Gasteiger partial charge is 0.394 e. The molecule has 3 heterocycles. The highest BCUT2D eigenvalue weighted by molar-refractivity contribution is 6.30. The predicted octanol–water partition coefficient (Wildman–Crippen LogP) is 1.18. The Morgan fingerprint density at radius 1 is 0.948 bits per heavy atom. The topological polar surface area (TPSA) is 218 Å². The Kier molecular flexibility index (Phi) is 13.0. The van der Waals surface area contributed by atoms with E-state index in [1.54, 1.807) is 23.1 Å². The molecule has 4 fully saturated rings. The monoisotopic (exact) mass is 825 g/mol. The lowest BCUT2D eigenvalue weighted by Crippen LogP contribution is -2.61. The van der Waals surface area contributed by atoms with Gasteiger partial charge < -0.3 is 46.2 Å². The number of carbonyl (C=O) groups excluding carboxylic acids is 7. The number of urea groups is 1. The molecule has 1 spiro atoms. The molecule has 0 aromatic heterocycles. The molecular formula is C40H49ClFN7O9. The van der Waals surface area contributed by atoms with Crippen molar-refractivity contribution in [2.45, 2.75) is 107 Å². The molecule has 0 radical (unpaired) electrons. The Bertz CT molecular complexity index is 1970. The van der Waals surface area contributed by atoms with Crippen LogP contribution in [-0.2, 0) is 35.2 Å². The first-order chi connectivity index (χ1) is 27.6. The maximum Gasteiger partial charge on any atom is 0.319 e. The number of Topliss-reactive ketones (excluding diaryl/α,β-unsaturated/α-hetero) is 1. The van der Waals surface area contributed by atoms with Crippen molar-refractivity contribution < 1.29 is 48.2 Å². The standard InChI is InChI=1S/C40H49ClFN7O9/c1-22-7-5-8-24(15-22)16-29(46-39(58)45-28-11-10-25(41)17-27(28)42)34(53)44-30(21-50)37(56)48-20-26(51)18-32(48)38(57)47-13-4-3-9-31(47)35(54)43-23(2)36(55)49-14-6-12-40(49)19-33(40)52/h5,7-8,10-11,15,17,23,26,29-32,50-51H,3-4,6,9,12-14,16,18-21H2,1-2H3,(H,43,54)(H,44,53)(H2,45,46,58)/t23-,26+,29-,30-,31-,32-,40+/m0/s1. The molecule has 312 valence electrons. The molecule has 18 heteroatoms. The van der Waals surface area contributed by atoms with Crippen LogP contribution >= 0.6 is 11.6 Å². The number of benzene rings is 2. The van der Waals surface area contributed by atoms with E-state index in [9.17, 15) is 48.2 Å². The lowest BCUT2D eigenvalue weighted by atomic mass is 9.99. The van der Waals surface area contributed by atoms with E-state index < -0.39 is 83.9 Å². The van der Waals surface area contributed by atoms with Crippen LogP contribution in [0.15, 0.2) is 42.5 Å². The van der Waals surface area contributed by atoms with Crippen LogP contribution in [0.1, 0.15) is 63.0 Å². The Balaban J connectivity index is 1.13. The summed E-state index contributed by atoms with van der Waals surface area (Å²) in [5.74, 6) is -4.09. The number of carbonyl (C=O) groups is 7. The number of hydrogen-bond donors (Lipinski definition) is 6. The van der Waals surface area contributed by atoms with E-state index in [0.29, 0.717) is 44.2 Å². The van der Waals surface area contributed by atoms with E-state index in [0.717, 1.165) is 16.5 Å². The van der Waals surface area contributed by atoms with Crippen molar-refractivity contribution in [3.05, 3.63) is 64.4 Å². The number of nitrogens with zero attached hydrogens (tertiary/aromatic N) is 3. The quantitative estimate of drug-likeness (QED) is 0.181. The number of aliphatic hydroxyl groups excluding tert-OH is 2. The number of piperidine rings is 1. The van der Waals surface area contributed by atoms with Crippen LogP contribution in [-0.4, -0.2) is 134 Å². The smallest absolute Gasteiger partial charge is 0.319 e. The maximum absolute atomic E-state index is 14.5. The number of aliphatic hydroxyl groups is 2. The van der Waals surface area contributed by atoms with Crippen molar-refractivity contribution in [2.24, 2.45) is 0 Å². The molecule has 1 saturated carbocycles. The summed E-state index contributed by atoms with van der Waals surface area (Å²) in [5.41, 5.74) is 0.555. The third-order valence-electron chi connectivity index (χ3n) is 11.4. The number of anilines is 1. The molecule has 7 atom stereocenters. The van der Waals surface area contributed by atoms with Gasteiger partial charge in [0, 0.05) is 43.9 Å². The third-order valence-corrected chi connectivity index (χ3v) is 11.6. The minimum Gasteiger partial charge on any atom is -0.394 e. The molecule has 0 bridgehead atoms. The molecule has 6 rings (SSSR count). The fourth-order valence-corrected chi connectivity index (χ4v) is 8.46. The fourth-order valence-electron chi connectivity index (χ4n) is 8.30. The van der Waals surface area contributed by atoms with Gasteiger partial charge in [-0.2, -0.15) is 0 Å². The highest BCUT2D eigenvalue weighted by Gasteiger charge is 2.62. The SMILES string of the molecule is Cc1cccc(C[C@H](NC(=O)Nc2ccc(Cl)cc2F)C(=O)N[C@@H](CO)C(=O)N2C[C@H](O)C[C@H]2C(=O)N2CCCC[C@H]2C(=O)N[C@@H](C)C(=O)N2CCC[C@]23CC3=O)c1. The number of amides is 7. The normalized spacial score (nSPS) is 24.2. The van der Waals surface area contributed by atoms with Gasteiger partial charge in [-0.05, 0) is 69.7 Å². The van der Waals surface area contributed by atoms with Crippen molar-refractivity contribution in [1.82, 2.24) is 30.7 Å². The number of ketones is 1. The summed E-state index contributed by atoms with van der Waals surface area (Å²) in [6.45, 7) is 2.78. The van der Waals surface area contributed by atoms with E-state index in [1.165, 1.54) is 24.0 Å². The Morgan fingerprint density at radius 3 is 2.40 bits per heavy atom. The number of aryl methyl sites for hydroxylation is 1. The van der Waals surface area contributed by atoms with Crippen molar-refractivity contribution in [3.63, 3.8) is 0 Å². The molecule has 2 aromatic carbocycles. The van der Waals surface area contributed by atoms with Crippen LogP contribution in [0.2, 0.25) is 5.02 Å². The molecule has 2 aromatic rings. The zero-order valence-electron chi connectivity index (χ0n) is 32.3. The summed E-state index contributed by atoms with van der Waals surface area (Å²) in [6, 6.07) is 3.70. The third kappa shape index (κ3) is 9.26. The van der Waals surface area contributed by atoms with Gasteiger partial charge in [-0.25, -0.2) is 9.18 Å². The summed E-state index contributed by atoms with van der Waals surface area (Å²) in [4.78, 5) is 98.2. The summed E-state index contributed by atoms with van der Waals surface area (Å²) in [6.07, 6.45) is 1.72. The zero-order valence-corrected chi connectivity index (χ0v) is 33.1. The molecule has 1 aliphatic carbocycles. The average molecular weight is 826 g/mol. The first-order valence-corrected chi connectivity index (χ1v) is 19.9. The van der Waals surface area contributed by atoms with Crippen LogP contribution < -0.4 is 21.3 Å². The van der Waals surface area contributed by atoms with E-state index in [-0.39, 0.29) is 54.8 Å². The number of β-amino-alcohol motifs (C(OH)–C–C–N with tert-alkyl or cyclic N) is 1. The van der Waals surface area contributed by atoms with E-state index >= 15 is 0 Å². The number of nitrogens with one attached hydrogen (secondary N) is 4. The summed E-state index contributed by atoms with van der Waals surface area (Å²) >= 11 is 5.82. The van der Waals surface area contributed by atoms with Gasteiger partial charge in [0.2, 0.25) is 29.5 Å². The zero-order chi connectivity index (χ0) is 41.9. The highest BCUT2D eigenvalue weighted by atomic mass is 35.5. The molecule has 3 aliphatic heterocycles. The van der Waals surface area contributed by atoms with Gasteiger partial charge in [-0.3, -0.25) is 28.8 Å². The second kappa shape index (κ2) is 17.8. The highest BCUT2D eigenvalue weighted by Crippen LogP contribution is 2.46. The van der Waals surface area contributed by atoms with Crippen LogP contribution in [0.25, 0.3) is 0 Å². The van der Waals surface area contributed by atoms with Gasteiger partial charge >= 0.3 is 6.03 Å². The first kappa shape index (κ1) is 42.5. The van der Waals surface area contributed by atoms with Crippen LogP contribution in [0.4, 0.5) is 14.9 Å². The van der Waals surface area contributed by atoms with Crippen molar-refractivity contribution in [3.8, 4) is 0 Å². The van der Waals surface area contributed by atoms with Crippen LogP contribution in [0.5, 0.6) is 0 Å². The Hall–Kier alpha value is -5.13. The van der Waals surface area contributed by atoms with E-state index in [2.05, 4.69) is 21.3 Å². The van der Waals surface area contributed by atoms with Crippen LogP contribution in [0, 0.1) is 12.7 Å². The minimum atomic E-state index is -1.61. The molecular weight excluding hydrogens is 777 g/mol. The Labute approximate surface area is 339 Å². The lowest BCUT2D eigenvalue weighted by molar-refractivity contribution is -0.151. The van der Waals surface area contributed by atoms with Gasteiger partial charge in [0.25, 0.3) is 0 Å². The number of halogens is 2. The molecule has 4 aliphatic rings. The van der Waals surface area contributed by atoms with E-state index in [1.807, 2.05) is 13.0 Å². The second-order valence-corrected chi connectivity index (χ2v) is 16.0. The maximum atomic E-state index is 14.5. The molecule has 6 N–H and O–H groups in total. The molecule has 0 unspecified atom stereocenters. The summed E-state index contributed by atoms with van der Waals surface area (Å²) in [7, 11) is 0. The second-order valence-electron chi connectivity index (χ2n) is 15.6. The number of likely N-dealkylation sites (tertiary alicyclic amines) is 3. The number of hydrogen-bond acceptors (Lipinski definition) is 9. The van der Waals surface area contributed by atoms with Gasteiger partial charge in [-0.15, -0.1) is 0 Å². The molecule has 7 amide bonds. The van der Waals surface area contributed by atoms with Crippen molar-refractivity contribution >= 4 is 58.6 Å². The van der Waals surface area contributed by atoms with Crippen molar-refractivity contribution in [1.29, 1.82) is 0 Å². The van der Waals surface area contributed by atoms with Crippen molar-refractivity contribution in [2.75, 3.05) is 31.6 Å². The van der Waals surface area contributed by atoms with E-state index in [4.69, 9.17) is 11.6 Å². The summed E-state index contributed by atoms with van der Waals surface area (Å²) in [5, 5.41) is 31.2. The fraction of sp³-hybridized carbons (Fsp3) is 0.525. The average Bonchev–Trinajstić information content (AvgIpc) is 3.45. The van der Waals surface area contributed by atoms with Crippen LogP contribution in [0.3, 0.4) is 0 Å². The predicted molar refractivity (Wildman–Crippen MR) is 208 cm³/mol. The lowest BCUT2D eigenvalue weighted by Gasteiger charge is -2.39. The van der Waals surface area contributed by atoms with Gasteiger partial charge in [0.15, 0.2) is 5.78 Å². The number of rotatable bonds is 12. The summed E-state index contributed by atoms with van der Waals surface area (Å²) < 4.78 is 14.5. The minimum absolute atomic E-state index is 0.0102. The first-order valence-electron chi connectivity index (χ1n) is 19.6.